The lowest BCUT2D eigenvalue weighted by Crippen LogP contribution is -2.17. The van der Waals surface area contributed by atoms with Crippen LogP contribution in [0.5, 0.6) is 5.75 Å². The van der Waals surface area contributed by atoms with E-state index in [2.05, 4.69) is 59.3 Å². The molecule has 1 amide bonds. The van der Waals surface area contributed by atoms with Gasteiger partial charge in [-0.05, 0) is 92.6 Å². The summed E-state index contributed by atoms with van der Waals surface area (Å²) in [6, 6.07) is 20.1. The summed E-state index contributed by atoms with van der Waals surface area (Å²) in [4.78, 5) is 17.1. The Bertz CT molecular complexity index is 1430. The Hall–Kier alpha value is -2.98. The average molecular weight is 693 g/mol. The quantitative estimate of drug-likeness (QED) is 0.115. The van der Waals surface area contributed by atoms with E-state index in [4.69, 9.17) is 21.6 Å². The largest absolute Gasteiger partial charge is 0.476 e. The summed E-state index contributed by atoms with van der Waals surface area (Å²) in [7, 11) is 0. The molecule has 180 valence electrons. The smallest absolute Gasteiger partial charge is 0.271 e. The Morgan fingerprint density at radius 2 is 1.97 bits per heavy atom. The molecule has 0 aliphatic rings. The molecule has 4 aromatic rings. The number of benzene rings is 3. The average Bonchev–Trinajstić information content (AvgIpc) is 3.33. The second kappa shape index (κ2) is 12.3. The minimum atomic E-state index is -0.330. The molecule has 36 heavy (non-hydrogen) atoms. The molecule has 0 saturated heterocycles. The van der Waals surface area contributed by atoms with Crippen molar-refractivity contribution in [3.05, 3.63) is 90.2 Å². The van der Waals surface area contributed by atoms with Crippen molar-refractivity contribution in [3.8, 4) is 23.1 Å². The van der Waals surface area contributed by atoms with E-state index in [1.165, 1.54) is 17.6 Å². The molecule has 11 heteroatoms. The number of thiazole rings is 1. The van der Waals surface area contributed by atoms with Crippen LogP contribution in [0.25, 0.3) is 11.3 Å². The molecule has 0 fully saturated rings. The summed E-state index contributed by atoms with van der Waals surface area (Å²) in [5.74, 6) is 0.260. The Labute approximate surface area is 238 Å². The van der Waals surface area contributed by atoms with E-state index in [1.54, 1.807) is 18.2 Å². The van der Waals surface area contributed by atoms with E-state index in [-0.39, 0.29) is 12.5 Å². The fourth-order valence-corrected chi connectivity index (χ4v) is 5.67. The highest BCUT2D eigenvalue weighted by Gasteiger charge is 2.10. The molecule has 0 saturated carbocycles. The molecule has 0 unspecified atom stereocenters. The van der Waals surface area contributed by atoms with Crippen LogP contribution in [0.3, 0.4) is 0 Å². The number of rotatable bonds is 8. The first kappa shape index (κ1) is 26.1. The van der Waals surface area contributed by atoms with E-state index >= 15 is 0 Å². The first-order valence-corrected chi connectivity index (χ1v) is 13.5. The Morgan fingerprint density at radius 1 is 1.22 bits per heavy atom. The van der Waals surface area contributed by atoms with E-state index in [0.717, 1.165) is 31.2 Å². The maximum Gasteiger partial charge on any atom is 0.271 e. The lowest BCUT2D eigenvalue weighted by molar-refractivity contribution is 0.0955. The molecule has 0 atom stereocenters. The fourth-order valence-electron chi connectivity index (χ4n) is 3.04. The number of hydrazone groups is 1. The Kier molecular flexibility index (Phi) is 8.93. The molecule has 7 nitrogen and oxygen atoms in total. The van der Waals surface area contributed by atoms with Crippen molar-refractivity contribution in [2.24, 2.45) is 5.10 Å². The number of carbonyl (C=O) groups is 1. The van der Waals surface area contributed by atoms with Crippen LogP contribution >= 0.6 is 61.5 Å². The number of nitriles is 1. The zero-order valence-electron chi connectivity index (χ0n) is 18.3. The van der Waals surface area contributed by atoms with Gasteiger partial charge in [-0.1, -0.05) is 23.7 Å². The van der Waals surface area contributed by atoms with Crippen molar-refractivity contribution in [2.45, 2.75) is 0 Å². The van der Waals surface area contributed by atoms with Gasteiger partial charge in [0.25, 0.3) is 5.91 Å². The normalized spacial score (nSPS) is 10.7. The predicted molar refractivity (Wildman–Crippen MR) is 155 cm³/mol. The summed E-state index contributed by atoms with van der Waals surface area (Å²) in [5, 5.41) is 19.4. The van der Waals surface area contributed by atoms with Gasteiger partial charge in [-0.2, -0.15) is 10.4 Å². The fraction of sp³-hybridized carbons (Fsp3) is 0.0400. The topological polar surface area (TPSA) is 99.4 Å². The molecule has 4 rings (SSSR count). The molecule has 1 heterocycles. The first-order chi connectivity index (χ1) is 17.4. The van der Waals surface area contributed by atoms with Crippen LogP contribution in [-0.4, -0.2) is 23.7 Å². The third-order valence-corrected chi connectivity index (χ3v) is 7.12. The van der Waals surface area contributed by atoms with Crippen molar-refractivity contribution >= 4 is 84.4 Å². The number of hydrogen-bond donors (Lipinski definition) is 2. The number of aromatic nitrogens is 1. The van der Waals surface area contributed by atoms with Gasteiger partial charge in [0.2, 0.25) is 0 Å². The van der Waals surface area contributed by atoms with Crippen LogP contribution in [0.2, 0.25) is 5.02 Å². The van der Waals surface area contributed by atoms with Gasteiger partial charge in [-0.15, -0.1) is 11.3 Å². The summed E-state index contributed by atoms with van der Waals surface area (Å²) in [5.41, 5.74) is 6.38. The molecule has 1 aromatic heterocycles. The Morgan fingerprint density at radius 3 is 2.67 bits per heavy atom. The van der Waals surface area contributed by atoms with Gasteiger partial charge in [0, 0.05) is 27.2 Å². The standard InChI is InChI=1S/C25H16BrClIN5O2S/c26-20-11-15(12-21(28)23(20)35-10-9-29)13-30-33-24(34)17-3-1-16(2-4-17)22-14-36-25(32-22)31-19-7-5-18(27)6-8-19/h1-8,11-14H,10H2,(H,31,32)(H,33,34)/b30-13-. The third-order valence-electron chi connectivity index (χ3n) is 4.72. The van der Waals surface area contributed by atoms with E-state index < -0.39 is 0 Å². The molecule has 0 spiro atoms. The van der Waals surface area contributed by atoms with Crippen molar-refractivity contribution < 1.29 is 9.53 Å². The van der Waals surface area contributed by atoms with Crippen molar-refractivity contribution in [3.63, 3.8) is 0 Å². The number of nitrogens with zero attached hydrogens (tertiary/aromatic N) is 3. The highest BCUT2D eigenvalue weighted by molar-refractivity contribution is 14.1. The summed E-state index contributed by atoms with van der Waals surface area (Å²) >= 11 is 13.0. The minimum Gasteiger partial charge on any atom is -0.476 e. The van der Waals surface area contributed by atoms with Gasteiger partial charge in [-0.25, -0.2) is 10.4 Å². The van der Waals surface area contributed by atoms with Gasteiger partial charge in [0.1, 0.15) is 11.8 Å². The molecule has 0 radical (unpaired) electrons. The molecule has 0 aliphatic carbocycles. The van der Waals surface area contributed by atoms with E-state index in [1.807, 2.05) is 53.9 Å². The summed E-state index contributed by atoms with van der Waals surface area (Å²) in [6.45, 7) is -0.0409. The van der Waals surface area contributed by atoms with Crippen molar-refractivity contribution in [2.75, 3.05) is 11.9 Å². The predicted octanol–water partition coefficient (Wildman–Crippen LogP) is 7.24. The maximum absolute atomic E-state index is 12.5. The molecular formula is C25H16BrClIN5O2S. The number of nitrogens with one attached hydrogen (secondary N) is 2. The third kappa shape index (κ3) is 6.82. The highest BCUT2D eigenvalue weighted by Crippen LogP contribution is 2.31. The zero-order valence-corrected chi connectivity index (χ0v) is 23.7. The van der Waals surface area contributed by atoms with Gasteiger partial charge < -0.3 is 10.1 Å². The highest BCUT2D eigenvalue weighted by atomic mass is 127. The molecule has 2 N–H and O–H groups in total. The van der Waals surface area contributed by atoms with Crippen molar-refractivity contribution in [1.82, 2.24) is 10.4 Å². The monoisotopic (exact) mass is 691 g/mol. The van der Waals surface area contributed by atoms with Gasteiger partial charge in [-0.3, -0.25) is 4.79 Å². The second-order valence-electron chi connectivity index (χ2n) is 7.21. The first-order valence-electron chi connectivity index (χ1n) is 10.3. The lowest BCUT2D eigenvalue weighted by atomic mass is 10.1. The van der Waals surface area contributed by atoms with Crippen LogP contribution in [-0.2, 0) is 0 Å². The van der Waals surface area contributed by atoms with Crippen LogP contribution < -0.4 is 15.5 Å². The molecule has 0 aliphatic heterocycles. The minimum absolute atomic E-state index is 0.0409. The van der Waals surface area contributed by atoms with Gasteiger partial charge >= 0.3 is 0 Å². The summed E-state index contributed by atoms with van der Waals surface area (Å²) in [6.07, 6.45) is 1.54. The van der Waals surface area contributed by atoms with Crippen molar-refractivity contribution in [1.29, 1.82) is 5.26 Å². The number of amides is 1. The van der Waals surface area contributed by atoms with Crippen LogP contribution in [0.15, 0.2) is 75.6 Å². The second-order valence-corrected chi connectivity index (χ2v) is 10.5. The SMILES string of the molecule is N#CCOc1c(Br)cc(/C=N\NC(=O)c2ccc(-c3csc(Nc4ccc(Cl)cc4)n3)cc2)cc1I. The molecule has 3 aromatic carbocycles. The van der Waals surface area contributed by atoms with Crippen LogP contribution in [0.1, 0.15) is 15.9 Å². The number of hydrogen-bond acceptors (Lipinski definition) is 7. The number of carbonyl (C=O) groups excluding carboxylic acids is 1. The number of ether oxygens (including phenoxy) is 1. The lowest BCUT2D eigenvalue weighted by Gasteiger charge is -2.08. The molecule has 0 bridgehead atoms. The van der Waals surface area contributed by atoms with Crippen LogP contribution in [0.4, 0.5) is 10.8 Å². The number of halogens is 3. The van der Waals surface area contributed by atoms with Gasteiger partial charge in [0.05, 0.1) is 20.0 Å². The van der Waals surface area contributed by atoms with Crippen LogP contribution in [0, 0.1) is 14.9 Å². The van der Waals surface area contributed by atoms with Gasteiger partial charge in [0.15, 0.2) is 11.7 Å². The maximum atomic E-state index is 12.5. The van der Waals surface area contributed by atoms with E-state index in [9.17, 15) is 4.79 Å². The Balaban J connectivity index is 1.36. The van der Waals surface area contributed by atoms with E-state index in [0.29, 0.717) is 20.8 Å². The zero-order chi connectivity index (χ0) is 25.5. The molecular weight excluding hydrogens is 677 g/mol. The number of anilines is 2. The summed E-state index contributed by atoms with van der Waals surface area (Å²) < 4.78 is 6.91.